The predicted octanol–water partition coefficient (Wildman–Crippen LogP) is 3.75. The van der Waals surface area contributed by atoms with Crippen molar-refractivity contribution < 1.29 is 4.79 Å². The maximum atomic E-state index is 12.3. The molecule has 0 saturated heterocycles. The summed E-state index contributed by atoms with van der Waals surface area (Å²) in [7, 11) is 0. The first kappa shape index (κ1) is 17.2. The van der Waals surface area contributed by atoms with Crippen molar-refractivity contribution in [1.29, 1.82) is 5.26 Å². The van der Waals surface area contributed by atoms with Crippen LogP contribution in [0, 0.1) is 11.3 Å². The Morgan fingerprint density at radius 1 is 1.00 bits per heavy atom. The zero-order chi connectivity index (χ0) is 19.3. The van der Waals surface area contributed by atoms with Gasteiger partial charge in [0.2, 0.25) is 5.91 Å². The highest BCUT2D eigenvalue weighted by atomic mass is 16.1. The van der Waals surface area contributed by atoms with Crippen LogP contribution in [0.3, 0.4) is 0 Å². The SMILES string of the molecule is N#Cc1ccc(Nc2ccc(NC(=O)Cc3c[nH]c4ccccc34)nn2)cc1. The van der Waals surface area contributed by atoms with Gasteiger partial charge in [0, 0.05) is 22.8 Å². The number of nitrogens with one attached hydrogen (secondary N) is 3. The molecule has 136 valence electrons. The van der Waals surface area contributed by atoms with E-state index >= 15 is 0 Å². The molecular weight excluding hydrogens is 352 g/mol. The molecule has 3 N–H and O–H groups in total. The molecule has 7 heteroatoms. The maximum Gasteiger partial charge on any atom is 0.230 e. The monoisotopic (exact) mass is 368 g/mol. The minimum atomic E-state index is -0.160. The van der Waals surface area contributed by atoms with Gasteiger partial charge >= 0.3 is 0 Å². The van der Waals surface area contributed by atoms with Crippen LogP contribution in [0.15, 0.2) is 66.9 Å². The van der Waals surface area contributed by atoms with Crippen molar-refractivity contribution in [3.05, 3.63) is 78.0 Å². The van der Waals surface area contributed by atoms with Crippen molar-refractivity contribution in [3.8, 4) is 6.07 Å². The van der Waals surface area contributed by atoms with Crippen molar-refractivity contribution >= 4 is 34.1 Å². The van der Waals surface area contributed by atoms with Crippen molar-refractivity contribution in [1.82, 2.24) is 15.2 Å². The van der Waals surface area contributed by atoms with E-state index in [9.17, 15) is 4.79 Å². The highest BCUT2D eigenvalue weighted by Crippen LogP contribution is 2.19. The van der Waals surface area contributed by atoms with Gasteiger partial charge < -0.3 is 15.6 Å². The van der Waals surface area contributed by atoms with Crippen LogP contribution in [-0.4, -0.2) is 21.1 Å². The number of H-pyrrole nitrogens is 1. The summed E-state index contributed by atoms with van der Waals surface area (Å²) in [5.74, 6) is 0.765. The molecule has 2 aromatic carbocycles. The molecule has 0 bridgehead atoms. The Bertz CT molecular complexity index is 1160. The fraction of sp³-hybridized carbons (Fsp3) is 0.0476. The quantitative estimate of drug-likeness (QED) is 0.497. The van der Waals surface area contributed by atoms with Crippen LogP contribution in [0.4, 0.5) is 17.3 Å². The molecule has 2 heterocycles. The van der Waals surface area contributed by atoms with Gasteiger partial charge in [0.15, 0.2) is 11.6 Å². The number of carbonyl (C=O) groups is 1. The molecule has 0 aliphatic rings. The molecule has 4 aromatic rings. The third-order valence-electron chi connectivity index (χ3n) is 4.24. The third kappa shape index (κ3) is 3.81. The molecule has 7 nitrogen and oxygen atoms in total. The Balaban J connectivity index is 1.38. The summed E-state index contributed by atoms with van der Waals surface area (Å²) in [6.45, 7) is 0. The topological polar surface area (TPSA) is 106 Å². The van der Waals surface area contributed by atoms with E-state index < -0.39 is 0 Å². The molecule has 0 spiro atoms. The number of aromatic amines is 1. The molecular formula is C21H16N6O. The molecule has 0 unspecified atom stereocenters. The second-order valence-corrected chi connectivity index (χ2v) is 6.20. The number of nitrogens with zero attached hydrogens (tertiary/aromatic N) is 3. The number of hydrogen-bond donors (Lipinski definition) is 3. The molecule has 0 aliphatic heterocycles. The Morgan fingerprint density at radius 2 is 1.75 bits per heavy atom. The van der Waals surface area contributed by atoms with Crippen LogP contribution < -0.4 is 10.6 Å². The zero-order valence-corrected chi connectivity index (χ0v) is 14.8. The summed E-state index contributed by atoms with van der Waals surface area (Å²) < 4.78 is 0. The number of nitriles is 1. The van der Waals surface area contributed by atoms with Gasteiger partial charge in [0.1, 0.15) is 0 Å². The fourth-order valence-corrected chi connectivity index (χ4v) is 2.88. The summed E-state index contributed by atoms with van der Waals surface area (Å²) in [5, 5.41) is 23.8. The summed E-state index contributed by atoms with van der Waals surface area (Å²) in [6.07, 6.45) is 2.09. The van der Waals surface area contributed by atoms with Gasteiger partial charge in [0.05, 0.1) is 18.1 Å². The van der Waals surface area contributed by atoms with Gasteiger partial charge in [0.25, 0.3) is 0 Å². The average molecular weight is 368 g/mol. The lowest BCUT2D eigenvalue weighted by Gasteiger charge is -2.07. The van der Waals surface area contributed by atoms with Crippen molar-refractivity contribution in [2.45, 2.75) is 6.42 Å². The van der Waals surface area contributed by atoms with Crippen molar-refractivity contribution in [3.63, 3.8) is 0 Å². The Hall–Kier alpha value is -4.18. The van der Waals surface area contributed by atoms with Gasteiger partial charge in [-0.25, -0.2) is 0 Å². The van der Waals surface area contributed by atoms with E-state index in [-0.39, 0.29) is 12.3 Å². The smallest absolute Gasteiger partial charge is 0.230 e. The van der Waals surface area contributed by atoms with Gasteiger partial charge in [-0.05, 0) is 48.0 Å². The predicted molar refractivity (Wildman–Crippen MR) is 107 cm³/mol. The Labute approximate surface area is 161 Å². The largest absolute Gasteiger partial charge is 0.361 e. The van der Waals surface area contributed by atoms with Crippen LogP contribution in [0.5, 0.6) is 0 Å². The fourth-order valence-electron chi connectivity index (χ4n) is 2.88. The zero-order valence-electron chi connectivity index (χ0n) is 14.8. The van der Waals surface area contributed by atoms with Crippen LogP contribution >= 0.6 is 0 Å². The molecule has 0 saturated carbocycles. The maximum absolute atomic E-state index is 12.3. The van der Waals surface area contributed by atoms with Crippen molar-refractivity contribution in [2.24, 2.45) is 0 Å². The van der Waals surface area contributed by atoms with E-state index in [1.54, 1.807) is 36.4 Å². The normalized spacial score (nSPS) is 10.4. The number of rotatable bonds is 5. The number of carbonyl (C=O) groups excluding carboxylic acids is 1. The lowest BCUT2D eigenvalue weighted by Crippen LogP contribution is -2.15. The summed E-state index contributed by atoms with van der Waals surface area (Å²) >= 11 is 0. The summed E-state index contributed by atoms with van der Waals surface area (Å²) in [5.41, 5.74) is 3.32. The minimum absolute atomic E-state index is 0.160. The first-order valence-electron chi connectivity index (χ1n) is 8.67. The van der Waals surface area contributed by atoms with E-state index in [0.717, 1.165) is 22.2 Å². The van der Waals surface area contributed by atoms with E-state index in [4.69, 9.17) is 5.26 Å². The van der Waals surface area contributed by atoms with Gasteiger partial charge in [-0.1, -0.05) is 18.2 Å². The van der Waals surface area contributed by atoms with E-state index in [0.29, 0.717) is 17.2 Å². The van der Waals surface area contributed by atoms with E-state index in [1.165, 1.54) is 0 Å². The first-order valence-corrected chi connectivity index (χ1v) is 8.67. The van der Waals surface area contributed by atoms with Gasteiger partial charge in [-0.3, -0.25) is 4.79 Å². The highest BCUT2D eigenvalue weighted by molar-refractivity contribution is 5.95. The van der Waals surface area contributed by atoms with Crippen LogP contribution in [0.2, 0.25) is 0 Å². The molecule has 0 fully saturated rings. The number of anilines is 3. The molecule has 2 aromatic heterocycles. The highest BCUT2D eigenvalue weighted by Gasteiger charge is 2.10. The van der Waals surface area contributed by atoms with E-state index in [2.05, 4.69) is 31.9 Å². The molecule has 1 amide bonds. The first-order chi connectivity index (χ1) is 13.7. The van der Waals surface area contributed by atoms with Crippen molar-refractivity contribution in [2.75, 3.05) is 10.6 Å². The van der Waals surface area contributed by atoms with E-state index in [1.807, 2.05) is 30.5 Å². The number of para-hydroxylation sites is 1. The molecule has 0 radical (unpaired) electrons. The average Bonchev–Trinajstić information content (AvgIpc) is 3.13. The Kier molecular flexibility index (Phi) is 4.68. The van der Waals surface area contributed by atoms with Crippen LogP contribution in [0.25, 0.3) is 10.9 Å². The number of fused-ring (bicyclic) bond motifs is 1. The third-order valence-corrected chi connectivity index (χ3v) is 4.24. The number of aromatic nitrogens is 3. The molecule has 28 heavy (non-hydrogen) atoms. The Morgan fingerprint density at radius 3 is 2.50 bits per heavy atom. The molecule has 4 rings (SSSR count). The lowest BCUT2D eigenvalue weighted by atomic mass is 10.1. The molecule has 0 aliphatic carbocycles. The molecule has 0 atom stereocenters. The lowest BCUT2D eigenvalue weighted by molar-refractivity contribution is -0.115. The second kappa shape index (κ2) is 7.60. The standard InChI is InChI=1S/C21H16N6O/c22-12-14-5-7-16(8-6-14)24-19-9-10-20(27-26-19)25-21(28)11-15-13-23-18-4-2-1-3-17(15)18/h1-10,13,23H,11H2,(H,24,26)(H,25,27,28). The van der Waals surface area contributed by atoms with Gasteiger partial charge in [-0.15, -0.1) is 10.2 Å². The number of hydrogen-bond acceptors (Lipinski definition) is 5. The van der Waals surface area contributed by atoms with Crippen LogP contribution in [-0.2, 0) is 11.2 Å². The second-order valence-electron chi connectivity index (χ2n) is 6.20. The van der Waals surface area contributed by atoms with Gasteiger partial charge in [-0.2, -0.15) is 5.26 Å². The van der Waals surface area contributed by atoms with Crippen LogP contribution in [0.1, 0.15) is 11.1 Å². The number of amides is 1. The summed E-state index contributed by atoms with van der Waals surface area (Å²) in [6, 6.07) is 20.4. The number of benzene rings is 2. The summed E-state index contributed by atoms with van der Waals surface area (Å²) in [4.78, 5) is 15.5. The minimum Gasteiger partial charge on any atom is -0.361 e.